The summed E-state index contributed by atoms with van der Waals surface area (Å²) in [6.07, 6.45) is 0.631. The van der Waals surface area contributed by atoms with Crippen molar-refractivity contribution in [1.82, 2.24) is 0 Å². The predicted octanol–water partition coefficient (Wildman–Crippen LogP) is 0.598. The summed E-state index contributed by atoms with van der Waals surface area (Å²) in [5.41, 5.74) is 0. The standard InChI is InChI=1S/C8H12O4/c1-5(9)6-3-2-4-7(12-6)8(10)11/h6-7H,2-4H2,1H3,(H,10,11). The van der Waals surface area contributed by atoms with Crippen molar-refractivity contribution in [3.63, 3.8) is 0 Å². The number of carbonyl (C=O) groups is 2. The van der Waals surface area contributed by atoms with Gasteiger partial charge in [-0.2, -0.15) is 0 Å². The maximum atomic E-state index is 10.8. The molecule has 2 atom stereocenters. The fourth-order valence-corrected chi connectivity index (χ4v) is 1.30. The zero-order valence-electron chi connectivity index (χ0n) is 6.95. The number of aliphatic carboxylic acids is 1. The smallest absolute Gasteiger partial charge is 0.332 e. The second-order valence-electron chi connectivity index (χ2n) is 2.99. The largest absolute Gasteiger partial charge is 0.479 e. The molecule has 2 unspecified atom stereocenters. The van der Waals surface area contributed by atoms with Gasteiger partial charge in [0.25, 0.3) is 0 Å². The molecule has 1 aliphatic rings. The van der Waals surface area contributed by atoms with Crippen LogP contribution in [0.2, 0.25) is 0 Å². The van der Waals surface area contributed by atoms with Crippen LogP contribution >= 0.6 is 0 Å². The van der Waals surface area contributed by atoms with Crippen molar-refractivity contribution in [2.45, 2.75) is 38.4 Å². The Labute approximate surface area is 70.5 Å². The van der Waals surface area contributed by atoms with Crippen molar-refractivity contribution in [2.24, 2.45) is 0 Å². The zero-order valence-corrected chi connectivity index (χ0v) is 6.95. The highest BCUT2D eigenvalue weighted by atomic mass is 16.5. The molecular weight excluding hydrogens is 160 g/mol. The molecule has 1 rings (SSSR count). The molecule has 0 amide bonds. The van der Waals surface area contributed by atoms with Gasteiger partial charge in [0.2, 0.25) is 0 Å². The van der Waals surface area contributed by atoms with Crippen molar-refractivity contribution in [1.29, 1.82) is 0 Å². The lowest BCUT2D eigenvalue weighted by Crippen LogP contribution is -2.36. The third kappa shape index (κ3) is 2.04. The number of carboxylic acid groups (broad SMARTS) is 1. The van der Waals surface area contributed by atoms with E-state index in [0.29, 0.717) is 12.8 Å². The van der Waals surface area contributed by atoms with Crippen LogP contribution in [0.25, 0.3) is 0 Å². The SMILES string of the molecule is CC(=O)C1CCCC(C(=O)O)O1. The summed E-state index contributed by atoms with van der Waals surface area (Å²) in [5.74, 6) is -1.05. The van der Waals surface area contributed by atoms with Gasteiger partial charge in [-0.25, -0.2) is 4.79 Å². The Bertz CT molecular complexity index is 179. The van der Waals surface area contributed by atoms with Gasteiger partial charge >= 0.3 is 5.97 Å². The number of carboxylic acids is 1. The van der Waals surface area contributed by atoms with Crippen molar-refractivity contribution in [3.8, 4) is 0 Å². The van der Waals surface area contributed by atoms with Gasteiger partial charge in [0.05, 0.1) is 0 Å². The molecule has 0 aliphatic carbocycles. The number of ether oxygens (including phenoxy) is 1. The van der Waals surface area contributed by atoms with E-state index in [1.807, 2.05) is 0 Å². The lowest BCUT2D eigenvalue weighted by atomic mass is 10.0. The summed E-state index contributed by atoms with van der Waals surface area (Å²) in [6, 6.07) is 0. The van der Waals surface area contributed by atoms with Crippen LogP contribution < -0.4 is 0 Å². The topological polar surface area (TPSA) is 63.6 Å². The van der Waals surface area contributed by atoms with Gasteiger partial charge < -0.3 is 9.84 Å². The normalized spacial score (nSPS) is 29.8. The second-order valence-corrected chi connectivity index (χ2v) is 2.99. The van der Waals surface area contributed by atoms with Gasteiger partial charge in [-0.1, -0.05) is 0 Å². The molecule has 1 fully saturated rings. The van der Waals surface area contributed by atoms with Crippen LogP contribution in [0.3, 0.4) is 0 Å². The average Bonchev–Trinajstić information content (AvgIpc) is 2.04. The summed E-state index contributed by atoms with van der Waals surface area (Å²) in [5, 5.41) is 8.60. The highest BCUT2D eigenvalue weighted by Crippen LogP contribution is 2.19. The van der Waals surface area contributed by atoms with Crippen LogP contribution in [0.5, 0.6) is 0 Å². The van der Waals surface area contributed by atoms with Gasteiger partial charge in [0, 0.05) is 0 Å². The van der Waals surface area contributed by atoms with E-state index >= 15 is 0 Å². The van der Waals surface area contributed by atoms with E-state index in [2.05, 4.69) is 0 Å². The molecule has 68 valence electrons. The van der Waals surface area contributed by atoms with Gasteiger partial charge in [0.15, 0.2) is 11.9 Å². The first kappa shape index (κ1) is 9.19. The molecular formula is C8H12O4. The lowest BCUT2D eigenvalue weighted by molar-refractivity contribution is -0.162. The Hall–Kier alpha value is -0.900. The van der Waals surface area contributed by atoms with E-state index in [9.17, 15) is 9.59 Å². The number of Topliss-reactive ketones (excluding diaryl/α,β-unsaturated/α-hetero) is 1. The molecule has 0 saturated carbocycles. The Morgan fingerprint density at radius 1 is 1.33 bits per heavy atom. The van der Waals surface area contributed by atoms with Gasteiger partial charge in [0.1, 0.15) is 6.10 Å². The summed E-state index contributed by atoms with van der Waals surface area (Å²) >= 11 is 0. The molecule has 0 aromatic heterocycles. The fraction of sp³-hybridized carbons (Fsp3) is 0.750. The number of carbonyl (C=O) groups excluding carboxylic acids is 1. The van der Waals surface area contributed by atoms with E-state index in [1.165, 1.54) is 6.92 Å². The molecule has 0 spiro atoms. The maximum absolute atomic E-state index is 10.8. The Morgan fingerprint density at radius 3 is 2.42 bits per heavy atom. The number of rotatable bonds is 2. The lowest BCUT2D eigenvalue weighted by Gasteiger charge is -2.25. The zero-order chi connectivity index (χ0) is 9.14. The van der Waals surface area contributed by atoms with Crippen LogP contribution in [0.15, 0.2) is 0 Å². The Kier molecular flexibility index (Phi) is 2.81. The average molecular weight is 172 g/mol. The molecule has 4 nitrogen and oxygen atoms in total. The Balaban J connectivity index is 2.51. The van der Waals surface area contributed by atoms with Crippen LogP contribution in [0.1, 0.15) is 26.2 Å². The molecule has 1 heterocycles. The quantitative estimate of drug-likeness (QED) is 0.662. The van der Waals surface area contributed by atoms with E-state index in [4.69, 9.17) is 9.84 Å². The predicted molar refractivity (Wildman–Crippen MR) is 40.8 cm³/mol. The first-order valence-corrected chi connectivity index (χ1v) is 4.00. The van der Waals surface area contributed by atoms with Gasteiger partial charge in [-0.05, 0) is 26.2 Å². The van der Waals surface area contributed by atoms with Crippen LogP contribution in [-0.4, -0.2) is 29.1 Å². The van der Waals surface area contributed by atoms with E-state index < -0.39 is 18.2 Å². The summed E-state index contributed by atoms with van der Waals surface area (Å²) < 4.78 is 5.06. The minimum Gasteiger partial charge on any atom is -0.479 e. The molecule has 4 heteroatoms. The summed E-state index contributed by atoms with van der Waals surface area (Å²) in [6.45, 7) is 1.43. The fourth-order valence-electron chi connectivity index (χ4n) is 1.30. The molecule has 1 aliphatic heterocycles. The van der Waals surface area contributed by atoms with E-state index in [0.717, 1.165) is 6.42 Å². The molecule has 0 aromatic carbocycles. The molecule has 1 N–H and O–H groups in total. The van der Waals surface area contributed by atoms with Gasteiger partial charge in [-0.15, -0.1) is 0 Å². The first-order chi connectivity index (χ1) is 5.61. The summed E-state index contributed by atoms with van der Waals surface area (Å²) in [7, 11) is 0. The van der Waals surface area contributed by atoms with Gasteiger partial charge in [-0.3, -0.25) is 4.79 Å². The van der Waals surface area contributed by atoms with Crippen LogP contribution in [-0.2, 0) is 14.3 Å². The molecule has 0 radical (unpaired) electrons. The minimum absolute atomic E-state index is 0.0825. The van der Waals surface area contributed by atoms with Crippen molar-refractivity contribution in [2.75, 3.05) is 0 Å². The maximum Gasteiger partial charge on any atom is 0.332 e. The second kappa shape index (κ2) is 3.67. The number of hydrogen-bond acceptors (Lipinski definition) is 3. The third-order valence-corrected chi connectivity index (χ3v) is 1.99. The van der Waals surface area contributed by atoms with E-state index in [1.54, 1.807) is 0 Å². The van der Waals surface area contributed by atoms with Crippen LogP contribution in [0.4, 0.5) is 0 Å². The highest BCUT2D eigenvalue weighted by Gasteiger charge is 2.29. The monoisotopic (exact) mass is 172 g/mol. The Morgan fingerprint density at radius 2 is 1.92 bits per heavy atom. The highest BCUT2D eigenvalue weighted by molar-refractivity contribution is 5.81. The number of hydrogen-bond donors (Lipinski definition) is 1. The third-order valence-electron chi connectivity index (χ3n) is 1.99. The van der Waals surface area contributed by atoms with Crippen LogP contribution in [0, 0.1) is 0 Å². The molecule has 1 saturated heterocycles. The molecule has 0 aromatic rings. The minimum atomic E-state index is -0.971. The van der Waals surface area contributed by atoms with E-state index in [-0.39, 0.29) is 5.78 Å². The van der Waals surface area contributed by atoms with Crippen molar-refractivity contribution in [3.05, 3.63) is 0 Å². The number of ketones is 1. The van der Waals surface area contributed by atoms with Crippen molar-refractivity contribution < 1.29 is 19.4 Å². The first-order valence-electron chi connectivity index (χ1n) is 4.00. The summed E-state index contributed by atoms with van der Waals surface area (Å²) in [4.78, 5) is 21.3. The molecule has 0 bridgehead atoms. The molecule has 12 heavy (non-hydrogen) atoms. The van der Waals surface area contributed by atoms with Crippen molar-refractivity contribution >= 4 is 11.8 Å².